The van der Waals surface area contributed by atoms with Crippen LogP contribution in [0.3, 0.4) is 0 Å². The second-order valence-electron chi connectivity index (χ2n) is 3.78. The first-order chi connectivity index (χ1) is 8.88. The van der Waals surface area contributed by atoms with Crippen molar-refractivity contribution < 1.29 is 8.42 Å². The van der Waals surface area contributed by atoms with E-state index >= 15 is 0 Å². The second kappa shape index (κ2) is 6.01. The number of thiazole rings is 1. The number of benzene rings is 1. The Morgan fingerprint density at radius 1 is 1.37 bits per heavy atom. The van der Waals surface area contributed by atoms with Crippen molar-refractivity contribution >= 4 is 53.2 Å². The van der Waals surface area contributed by atoms with Crippen LogP contribution in [0.4, 0.5) is 0 Å². The first-order valence-corrected chi connectivity index (χ1v) is 9.19. The Morgan fingerprint density at radius 3 is 2.68 bits per heavy atom. The number of hydrogen-bond acceptors (Lipinski definition) is 4. The van der Waals surface area contributed by atoms with E-state index in [9.17, 15) is 8.42 Å². The predicted molar refractivity (Wildman–Crippen MR) is 82.7 cm³/mol. The molecule has 2 rings (SSSR count). The van der Waals surface area contributed by atoms with Gasteiger partial charge in [0.1, 0.15) is 5.01 Å². The molecule has 0 radical (unpaired) electrons. The van der Waals surface area contributed by atoms with E-state index in [2.05, 4.69) is 41.6 Å². The SMILES string of the molecule is Cc1csc(CNS(=O)(=O)c2ccc(Br)cc2Br)n1. The Bertz CT molecular complexity index is 698. The Morgan fingerprint density at radius 2 is 2.11 bits per heavy atom. The van der Waals surface area contributed by atoms with Gasteiger partial charge in [-0.15, -0.1) is 11.3 Å². The van der Waals surface area contributed by atoms with Gasteiger partial charge >= 0.3 is 0 Å². The van der Waals surface area contributed by atoms with E-state index in [1.165, 1.54) is 11.3 Å². The largest absolute Gasteiger partial charge is 0.245 e. The summed E-state index contributed by atoms with van der Waals surface area (Å²) >= 11 is 7.97. The summed E-state index contributed by atoms with van der Waals surface area (Å²) in [6.45, 7) is 2.07. The van der Waals surface area contributed by atoms with Crippen LogP contribution < -0.4 is 4.72 Å². The molecule has 19 heavy (non-hydrogen) atoms. The molecule has 0 spiro atoms. The standard InChI is InChI=1S/C11H10Br2N2O2S2/c1-7-6-18-11(15-7)5-14-19(16,17)10-3-2-8(12)4-9(10)13/h2-4,6,14H,5H2,1H3. The topological polar surface area (TPSA) is 59.1 Å². The third kappa shape index (κ3) is 3.85. The van der Waals surface area contributed by atoms with Gasteiger partial charge in [0.05, 0.1) is 11.4 Å². The maximum atomic E-state index is 12.2. The van der Waals surface area contributed by atoms with Gasteiger partial charge in [0, 0.05) is 20.0 Å². The second-order valence-corrected chi connectivity index (χ2v) is 8.23. The van der Waals surface area contributed by atoms with Gasteiger partial charge in [-0.05, 0) is 41.1 Å². The number of hydrogen-bond donors (Lipinski definition) is 1. The zero-order valence-electron chi connectivity index (χ0n) is 9.85. The molecule has 102 valence electrons. The molecule has 2 aromatic rings. The lowest BCUT2D eigenvalue weighted by Gasteiger charge is -2.07. The first kappa shape index (κ1) is 15.1. The number of nitrogens with one attached hydrogen (secondary N) is 1. The van der Waals surface area contributed by atoms with Gasteiger partial charge in [-0.25, -0.2) is 18.1 Å². The molecule has 8 heteroatoms. The molecule has 0 aliphatic carbocycles. The Kier molecular flexibility index (Phi) is 4.78. The molecule has 0 bridgehead atoms. The Hall–Kier alpha value is -0.280. The lowest BCUT2D eigenvalue weighted by molar-refractivity contribution is 0.580. The van der Waals surface area contributed by atoms with Crippen LogP contribution in [0, 0.1) is 6.92 Å². The van der Waals surface area contributed by atoms with Crippen molar-refractivity contribution in [1.29, 1.82) is 0 Å². The maximum absolute atomic E-state index is 12.2. The maximum Gasteiger partial charge on any atom is 0.242 e. The van der Waals surface area contributed by atoms with Crippen LogP contribution in [0.1, 0.15) is 10.7 Å². The number of halogens is 2. The molecule has 4 nitrogen and oxygen atoms in total. The summed E-state index contributed by atoms with van der Waals surface area (Å²) < 4.78 is 28.2. The molecule has 0 fully saturated rings. The molecule has 0 unspecified atom stereocenters. The molecule has 0 amide bonds. The smallest absolute Gasteiger partial charge is 0.242 e. The highest BCUT2D eigenvalue weighted by atomic mass is 79.9. The van der Waals surface area contributed by atoms with E-state index in [0.717, 1.165) is 15.2 Å². The zero-order chi connectivity index (χ0) is 14.0. The summed E-state index contributed by atoms with van der Waals surface area (Å²) in [6, 6.07) is 4.93. The van der Waals surface area contributed by atoms with E-state index in [1.807, 2.05) is 12.3 Å². The third-order valence-corrected chi connectivity index (χ3v) is 6.10. The van der Waals surface area contributed by atoms with Crippen molar-refractivity contribution in [2.45, 2.75) is 18.4 Å². The van der Waals surface area contributed by atoms with Crippen LogP contribution in [-0.4, -0.2) is 13.4 Å². The van der Waals surface area contributed by atoms with E-state index in [1.54, 1.807) is 18.2 Å². The molecule has 0 aliphatic heterocycles. The van der Waals surface area contributed by atoms with Crippen molar-refractivity contribution in [2.24, 2.45) is 0 Å². The highest BCUT2D eigenvalue weighted by Crippen LogP contribution is 2.25. The molecule has 1 heterocycles. The fourth-order valence-electron chi connectivity index (χ4n) is 1.41. The van der Waals surface area contributed by atoms with Crippen LogP contribution in [0.25, 0.3) is 0 Å². The normalized spacial score (nSPS) is 11.7. The highest BCUT2D eigenvalue weighted by Gasteiger charge is 2.17. The average molecular weight is 426 g/mol. The summed E-state index contributed by atoms with van der Waals surface area (Å²) in [4.78, 5) is 4.43. The zero-order valence-corrected chi connectivity index (χ0v) is 14.7. The fourth-order valence-corrected chi connectivity index (χ4v) is 4.95. The molecule has 0 saturated heterocycles. The van der Waals surface area contributed by atoms with Crippen LogP contribution in [0.15, 0.2) is 37.4 Å². The summed E-state index contributed by atoms with van der Waals surface area (Å²) in [7, 11) is -3.55. The highest BCUT2D eigenvalue weighted by molar-refractivity contribution is 9.11. The number of nitrogens with zero attached hydrogens (tertiary/aromatic N) is 1. The molecule has 0 saturated carbocycles. The summed E-state index contributed by atoms with van der Waals surface area (Å²) in [5.74, 6) is 0. The monoisotopic (exact) mass is 424 g/mol. The van der Waals surface area contributed by atoms with Crippen molar-refractivity contribution in [1.82, 2.24) is 9.71 Å². The average Bonchev–Trinajstić information content (AvgIpc) is 2.72. The van der Waals surface area contributed by atoms with Gasteiger partial charge < -0.3 is 0 Å². The summed E-state index contributed by atoms with van der Waals surface area (Å²) in [5, 5.41) is 2.63. The Balaban J connectivity index is 2.18. The van der Waals surface area contributed by atoms with Crippen molar-refractivity contribution in [3.8, 4) is 0 Å². The van der Waals surface area contributed by atoms with Gasteiger partial charge in [0.2, 0.25) is 10.0 Å². The quantitative estimate of drug-likeness (QED) is 0.815. The molecule has 1 aromatic carbocycles. The minimum absolute atomic E-state index is 0.198. The van der Waals surface area contributed by atoms with E-state index in [0.29, 0.717) is 4.47 Å². The Labute approximate surface area is 132 Å². The van der Waals surface area contributed by atoms with Gasteiger partial charge in [0.15, 0.2) is 0 Å². The molecular weight excluding hydrogens is 416 g/mol. The molecular formula is C11H10Br2N2O2S2. The number of sulfonamides is 1. The van der Waals surface area contributed by atoms with E-state index in [4.69, 9.17) is 0 Å². The number of aryl methyl sites for hydroxylation is 1. The molecule has 0 aliphatic rings. The van der Waals surface area contributed by atoms with Gasteiger partial charge in [-0.1, -0.05) is 15.9 Å². The molecule has 1 N–H and O–H groups in total. The minimum atomic E-state index is -3.55. The summed E-state index contributed by atoms with van der Waals surface area (Å²) in [5.41, 5.74) is 0.893. The third-order valence-electron chi connectivity index (χ3n) is 2.26. The molecule has 0 atom stereocenters. The predicted octanol–water partition coefficient (Wildman–Crippen LogP) is 3.46. The van der Waals surface area contributed by atoms with Crippen molar-refractivity contribution in [3.63, 3.8) is 0 Å². The van der Waals surface area contributed by atoms with Crippen LogP contribution in [0.5, 0.6) is 0 Å². The molecule has 1 aromatic heterocycles. The summed E-state index contributed by atoms with van der Waals surface area (Å²) in [6.07, 6.45) is 0. The van der Waals surface area contributed by atoms with Crippen LogP contribution >= 0.6 is 43.2 Å². The minimum Gasteiger partial charge on any atom is -0.245 e. The van der Waals surface area contributed by atoms with Gasteiger partial charge in [-0.2, -0.15) is 0 Å². The van der Waals surface area contributed by atoms with E-state index in [-0.39, 0.29) is 11.4 Å². The van der Waals surface area contributed by atoms with Crippen LogP contribution in [0.2, 0.25) is 0 Å². The fraction of sp³-hybridized carbons (Fsp3) is 0.182. The number of aromatic nitrogens is 1. The van der Waals surface area contributed by atoms with Crippen molar-refractivity contribution in [2.75, 3.05) is 0 Å². The van der Waals surface area contributed by atoms with E-state index < -0.39 is 10.0 Å². The van der Waals surface area contributed by atoms with Gasteiger partial charge in [-0.3, -0.25) is 0 Å². The first-order valence-electron chi connectivity index (χ1n) is 5.24. The van der Waals surface area contributed by atoms with Crippen LogP contribution in [-0.2, 0) is 16.6 Å². The van der Waals surface area contributed by atoms with Gasteiger partial charge in [0.25, 0.3) is 0 Å². The van der Waals surface area contributed by atoms with Crippen molar-refractivity contribution in [3.05, 3.63) is 43.2 Å². The number of rotatable bonds is 4. The lowest BCUT2D eigenvalue weighted by Crippen LogP contribution is -2.23. The lowest BCUT2D eigenvalue weighted by atomic mass is 10.4.